The monoisotopic (exact) mass is 389 g/mol. The van der Waals surface area contributed by atoms with Crippen molar-refractivity contribution in [3.63, 3.8) is 0 Å². The first-order valence-electron chi connectivity index (χ1n) is 7.10. The molecule has 0 aromatic heterocycles. The quantitative estimate of drug-likeness (QED) is 0.723. The first kappa shape index (κ1) is 18.9. The second-order valence-corrected chi connectivity index (χ2v) is 6.20. The molecule has 7 heteroatoms. The molecule has 0 spiro atoms. The Balaban J connectivity index is 0.00000242. The molecule has 2 amide bonds. The fourth-order valence-electron chi connectivity index (χ4n) is 2.33. The third-order valence-corrected chi connectivity index (χ3v) is 4.01. The van der Waals surface area contributed by atoms with E-state index >= 15 is 0 Å². The van der Waals surface area contributed by atoms with Crippen LogP contribution in [0.3, 0.4) is 0 Å². The number of halogens is 2. The van der Waals surface area contributed by atoms with Crippen LogP contribution >= 0.6 is 28.3 Å². The van der Waals surface area contributed by atoms with E-state index in [4.69, 9.17) is 0 Å². The van der Waals surface area contributed by atoms with Gasteiger partial charge in [0.1, 0.15) is 0 Å². The highest BCUT2D eigenvalue weighted by molar-refractivity contribution is 9.10. The maximum Gasteiger partial charge on any atom is 0.243 e. The number of benzene rings is 1. The molecule has 1 unspecified atom stereocenters. The van der Waals surface area contributed by atoms with Gasteiger partial charge >= 0.3 is 0 Å². The van der Waals surface area contributed by atoms with E-state index in [1.165, 1.54) is 0 Å². The van der Waals surface area contributed by atoms with Crippen molar-refractivity contribution < 1.29 is 9.59 Å². The lowest BCUT2D eigenvalue weighted by Gasteiger charge is -2.11. The minimum Gasteiger partial charge on any atom is -0.347 e. The predicted octanol–water partition coefficient (Wildman–Crippen LogP) is 2.38. The van der Waals surface area contributed by atoms with Crippen LogP contribution in [0.15, 0.2) is 22.7 Å². The average Bonchev–Trinajstić information content (AvgIpc) is 2.93. The molecule has 22 heavy (non-hydrogen) atoms. The van der Waals surface area contributed by atoms with E-state index in [-0.39, 0.29) is 36.8 Å². The van der Waals surface area contributed by atoms with Crippen molar-refractivity contribution in [2.75, 3.05) is 18.4 Å². The van der Waals surface area contributed by atoms with E-state index < -0.39 is 0 Å². The van der Waals surface area contributed by atoms with Gasteiger partial charge in [0.15, 0.2) is 0 Å². The van der Waals surface area contributed by atoms with Gasteiger partial charge in [-0.15, -0.1) is 12.4 Å². The van der Waals surface area contributed by atoms with Crippen LogP contribution in [0.2, 0.25) is 0 Å². The summed E-state index contributed by atoms with van der Waals surface area (Å²) in [7, 11) is 0. The molecule has 0 bridgehead atoms. The van der Waals surface area contributed by atoms with Gasteiger partial charge in [-0.05, 0) is 44.0 Å². The van der Waals surface area contributed by atoms with E-state index in [9.17, 15) is 9.59 Å². The van der Waals surface area contributed by atoms with E-state index in [0.29, 0.717) is 6.42 Å². The van der Waals surface area contributed by atoms with Crippen molar-refractivity contribution in [1.29, 1.82) is 0 Å². The summed E-state index contributed by atoms with van der Waals surface area (Å²) >= 11 is 3.37. The molecule has 1 aromatic carbocycles. The Morgan fingerprint density at radius 3 is 2.82 bits per heavy atom. The van der Waals surface area contributed by atoms with Gasteiger partial charge in [0.05, 0.1) is 6.54 Å². The van der Waals surface area contributed by atoms with Crippen LogP contribution in [0.1, 0.15) is 24.8 Å². The summed E-state index contributed by atoms with van der Waals surface area (Å²) in [5.41, 5.74) is 1.73. The first-order chi connectivity index (χ1) is 10.0. The lowest BCUT2D eigenvalue weighted by Crippen LogP contribution is -2.36. The van der Waals surface area contributed by atoms with Crippen LogP contribution in [0, 0.1) is 6.92 Å². The van der Waals surface area contributed by atoms with Crippen LogP contribution in [0.5, 0.6) is 0 Å². The van der Waals surface area contributed by atoms with Crippen LogP contribution in [0.25, 0.3) is 0 Å². The number of anilines is 1. The number of carbonyl (C=O) groups excluding carboxylic acids is 2. The number of nitrogens with one attached hydrogen (secondary N) is 3. The lowest BCUT2D eigenvalue weighted by molar-refractivity contribution is -0.124. The van der Waals surface area contributed by atoms with Gasteiger partial charge in [-0.1, -0.05) is 22.0 Å². The van der Waals surface area contributed by atoms with E-state index in [2.05, 4.69) is 31.9 Å². The fraction of sp³-hybridized carbons (Fsp3) is 0.467. The number of hydrogen-bond donors (Lipinski definition) is 3. The zero-order valence-corrected chi connectivity index (χ0v) is 14.9. The smallest absolute Gasteiger partial charge is 0.243 e. The summed E-state index contributed by atoms with van der Waals surface area (Å²) in [6, 6.07) is 5.93. The minimum absolute atomic E-state index is 0. The summed E-state index contributed by atoms with van der Waals surface area (Å²) in [6.45, 7) is 2.89. The molecular weight excluding hydrogens is 370 g/mol. The number of aryl methyl sites for hydroxylation is 1. The maximum atomic E-state index is 11.9. The molecule has 1 saturated heterocycles. The lowest BCUT2D eigenvalue weighted by atomic mass is 10.1. The molecule has 1 heterocycles. The molecule has 5 nitrogen and oxygen atoms in total. The number of rotatable bonds is 5. The van der Waals surface area contributed by atoms with E-state index in [1.54, 1.807) is 0 Å². The van der Waals surface area contributed by atoms with Gasteiger partial charge in [0.25, 0.3) is 0 Å². The molecular formula is C15H21BrClN3O2. The zero-order valence-electron chi connectivity index (χ0n) is 12.4. The van der Waals surface area contributed by atoms with Gasteiger partial charge in [0.2, 0.25) is 11.8 Å². The normalized spacial score (nSPS) is 16.7. The first-order valence-corrected chi connectivity index (χ1v) is 7.90. The van der Waals surface area contributed by atoms with Gasteiger partial charge in [0, 0.05) is 22.6 Å². The topological polar surface area (TPSA) is 70.2 Å². The van der Waals surface area contributed by atoms with Gasteiger partial charge in [-0.2, -0.15) is 0 Å². The Bertz CT molecular complexity index is 534. The predicted molar refractivity (Wildman–Crippen MR) is 93.4 cm³/mol. The summed E-state index contributed by atoms with van der Waals surface area (Å²) < 4.78 is 0.903. The number of amides is 2. The molecule has 1 atom stereocenters. The minimum atomic E-state index is -0.219. The Hall–Kier alpha value is -1.11. The molecule has 1 aromatic rings. The van der Waals surface area contributed by atoms with Crippen LogP contribution < -0.4 is 16.0 Å². The molecule has 1 fully saturated rings. The van der Waals surface area contributed by atoms with Crippen molar-refractivity contribution in [2.24, 2.45) is 0 Å². The third-order valence-electron chi connectivity index (χ3n) is 3.51. The molecule has 122 valence electrons. The van der Waals surface area contributed by atoms with Crippen molar-refractivity contribution in [3.8, 4) is 0 Å². The van der Waals surface area contributed by atoms with E-state index in [1.807, 2.05) is 25.1 Å². The molecule has 1 aliphatic rings. The largest absolute Gasteiger partial charge is 0.347 e. The molecule has 1 aliphatic heterocycles. The Kier molecular flexibility index (Phi) is 7.85. The highest BCUT2D eigenvalue weighted by Crippen LogP contribution is 2.20. The molecule has 0 radical (unpaired) electrons. The summed E-state index contributed by atoms with van der Waals surface area (Å²) in [5.74, 6) is -0.306. The number of hydrogen-bond acceptors (Lipinski definition) is 3. The second-order valence-electron chi connectivity index (χ2n) is 5.28. The SMILES string of the molecule is Cc1ccc(Br)cc1NC(=O)CNC(=O)CC1CCCN1.Cl. The molecule has 2 rings (SSSR count). The molecule has 0 aliphatic carbocycles. The molecule has 0 saturated carbocycles. The van der Waals surface area contributed by atoms with E-state index in [0.717, 1.165) is 35.1 Å². The van der Waals surface area contributed by atoms with Gasteiger partial charge < -0.3 is 16.0 Å². The summed E-state index contributed by atoms with van der Waals surface area (Å²) in [4.78, 5) is 23.6. The van der Waals surface area contributed by atoms with Crippen molar-refractivity contribution in [3.05, 3.63) is 28.2 Å². The summed E-state index contributed by atoms with van der Waals surface area (Å²) in [5, 5.41) is 8.72. The second kappa shape index (κ2) is 9.12. The van der Waals surface area contributed by atoms with Crippen molar-refractivity contribution in [2.45, 2.75) is 32.2 Å². The highest BCUT2D eigenvalue weighted by Gasteiger charge is 2.17. The highest BCUT2D eigenvalue weighted by atomic mass is 79.9. The van der Waals surface area contributed by atoms with Gasteiger partial charge in [-0.25, -0.2) is 0 Å². The van der Waals surface area contributed by atoms with Gasteiger partial charge in [-0.3, -0.25) is 9.59 Å². The standard InChI is InChI=1S/C15H20BrN3O2.ClH/c1-10-4-5-11(16)7-13(10)19-15(21)9-18-14(20)8-12-3-2-6-17-12;/h4-5,7,12,17H,2-3,6,8-9H2,1H3,(H,18,20)(H,19,21);1H. The summed E-state index contributed by atoms with van der Waals surface area (Å²) in [6.07, 6.45) is 2.57. The molecule has 3 N–H and O–H groups in total. The van der Waals surface area contributed by atoms with Crippen molar-refractivity contribution in [1.82, 2.24) is 10.6 Å². The van der Waals surface area contributed by atoms with Crippen LogP contribution in [-0.2, 0) is 9.59 Å². The maximum absolute atomic E-state index is 11.9. The Morgan fingerprint density at radius 2 is 2.14 bits per heavy atom. The third kappa shape index (κ3) is 5.94. The van der Waals surface area contributed by atoms with Crippen molar-refractivity contribution >= 4 is 45.8 Å². The Morgan fingerprint density at radius 1 is 1.36 bits per heavy atom. The zero-order chi connectivity index (χ0) is 15.2. The fourth-order valence-corrected chi connectivity index (χ4v) is 2.69. The van der Waals surface area contributed by atoms with Crippen LogP contribution in [0.4, 0.5) is 5.69 Å². The average molecular weight is 391 g/mol. The Labute approximate surface area is 145 Å². The number of carbonyl (C=O) groups is 2. The van der Waals surface area contributed by atoms with Crippen LogP contribution in [-0.4, -0.2) is 30.9 Å².